The van der Waals surface area contributed by atoms with Crippen molar-refractivity contribution in [3.05, 3.63) is 71.0 Å². The first-order chi connectivity index (χ1) is 16.0. The number of rotatable bonds is 7. The third kappa shape index (κ3) is 4.60. The summed E-state index contributed by atoms with van der Waals surface area (Å²) >= 11 is 0. The normalized spacial score (nSPS) is 33.5. The maximum absolute atomic E-state index is 13.0. The van der Waals surface area contributed by atoms with E-state index in [9.17, 15) is 4.39 Å². The molecule has 0 radical (unpaired) electrons. The molecule has 3 saturated heterocycles. The highest BCUT2D eigenvalue weighted by Crippen LogP contribution is 2.54. The highest BCUT2D eigenvalue weighted by molar-refractivity contribution is 5.23. The molecule has 33 heavy (non-hydrogen) atoms. The van der Waals surface area contributed by atoms with Crippen molar-refractivity contribution in [3.63, 3.8) is 0 Å². The summed E-state index contributed by atoms with van der Waals surface area (Å²) in [4.78, 5) is 12.0. The molecule has 0 aromatic heterocycles. The molecule has 1 saturated carbocycles. The second-order valence-corrected chi connectivity index (χ2v) is 9.84. The van der Waals surface area contributed by atoms with E-state index in [1.807, 2.05) is 6.92 Å². The summed E-state index contributed by atoms with van der Waals surface area (Å²) in [6.45, 7) is 2.95. The highest BCUT2D eigenvalue weighted by atomic mass is 19.1. The minimum absolute atomic E-state index is 0.170. The second-order valence-electron chi connectivity index (χ2n) is 9.84. The van der Waals surface area contributed by atoms with Gasteiger partial charge in [-0.2, -0.15) is 0 Å². The zero-order valence-corrected chi connectivity index (χ0v) is 19.4. The predicted molar refractivity (Wildman–Crippen MR) is 120 cm³/mol. The second kappa shape index (κ2) is 9.43. The van der Waals surface area contributed by atoms with Crippen molar-refractivity contribution in [2.45, 2.75) is 76.3 Å². The van der Waals surface area contributed by atoms with Crippen LogP contribution in [-0.2, 0) is 43.6 Å². The maximum Gasteiger partial charge on any atom is 0.204 e. The van der Waals surface area contributed by atoms with Crippen molar-refractivity contribution in [2.75, 3.05) is 7.11 Å². The number of benzene rings is 2. The van der Waals surface area contributed by atoms with E-state index < -0.39 is 17.7 Å². The summed E-state index contributed by atoms with van der Waals surface area (Å²) in [5, 5.41) is 0. The fraction of sp³-hybridized carbons (Fsp3) is 0.556. The van der Waals surface area contributed by atoms with Crippen LogP contribution in [0, 0.1) is 17.7 Å². The van der Waals surface area contributed by atoms with E-state index in [0.717, 1.165) is 43.2 Å². The average Bonchev–Trinajstić information content (AvgIpc) is 3.02. The van der Waals surface area contributed by atoms with Crippen molar-refractivity contribution in [2.24, 2.45) is 11.8 Å². The Bertz CT molecular complexity index is 933. The monoisotopic (exact) mass is 456 g/mol. The lowest BCUT2D eigenvalue weighted by Gasteiger charge is -2.49. The fourth-order valence-corrected chi connectivity index (χ4v) is 5.67. The summed E-state index contributed by atoms with van der Waals surface area (Å²) in [6, 6.07) is 14.9. The quantitative estimate of drug-likeness (QED) is 0.500. The first-order valence-electron chi connectivity index (χ1n) is 12.0. The van der Waals surface area contributed by atoms with Gasteiger partial charge in [-0.3, -0.25) is 0 Å². The molecular weight excluding hydrogens is 423 g/mol. The van der Waals surface area contributed by atoms with Crippen molar-refractivity contribution in [1.29, 1.82) is 0 Å². The van der Waals surface area contributed by atoms with Gasteiger partial charge >= 0.3 is 0 Å². The third-order valence-corrected chi connectivity index (χ3v) is 7.64. The van der Waals surface area contributed by atoms with Crippen LogP contribution in [0.2, 0.25) is 0 Å². The number of hydrogen-bond acceptors (Lipinski definition) is 5. The molecule has 3 aliphatic heterocycles. The van der Waals surface area contributed by atoms with E-state index in [-0.39, 0.29) is 11.7 Å². The van der Waals surface area contributed by atoms with Gasteiger partial charge in [0.1, 0.15) is 5.82 Å². The van der Waals surface area contributed by atoms with E-state index in [4.69, 9.17) is 24.0 Å². The van der Waals surface area contributed by atoms with Gasteiger partial charge in [-0.1, -0.05) is 49.2 Å². The van der Waals surface area contributed by atoms with Gasteiger partial charge in [0.25, 0.3) is 0 Å². The number of halogens is 1. The lowest BCUT2D eigenvalue weighted by Crippen LogP contribution is -2.60. The number of fused-ring (bicyclic) bond motifs is 3. The standard InChI is InChI=1S/C27H33FO5/c1-26-23(16-22-5-3-4-14-27(22,33-32-26)25(29-2)31-26)15-19-6-8-20(9-7-19)17-30-18-21-10-12-24(28)13-11-21/h6-13,22-23,25H,3-5,14-18H2,1-2H3/t22-,23+,25+,26-,27+/m1/s1. The summed E-state index contributed by atoms with van der Waals surface area (Å²) in [6.07, 6.45) is 5.79. The van der Waals surface area contributed by atoms with Gasteiger partial charge in [0, 0.05) is 13.0 Å². The smallest absolute Gasteiger partial charge is 0.204 e. The van der Waals surface area contributed by atoms with Crippen LogP contribution in [0.3, 0.4) is 0 Å². The van der Waals surface area contributed by atoms with Gasteiger partial charge in [0.15, 0.2) is 11.9 Å². The molecule has 3 heterocycles. The first kappa shape index (κ1) is 22.9. The van der Waals surface area contributed by atoms with E-state index >= 15 is 0 Å². The molecule has 0 amide bonds. The molecule has 2 aromatic rings. The zero-order chi connectivity index (χ0) is 22.9. The summed E-state index contributed by atoms with van der Waals surface area (Å²) in [5.74, 6) is -0.531. The highest BCUT2D eigenvalue weighted by Gasteiger charge is 2.62. The molecular formula is C27H33FO5. The molecule has 2 bridgehead atoms. The van der Waals surface area contributed by atoms with Gasteiger partial charge in [0.2, 0.25) is 5.79 Å². The largest absolute Gasteiger partial charge is 0.372 e. The van der Waals surface area contributed by atoms with E-state index in [0.29, 0.717) is 19.1 Å². The van der Waals surface area contributed by atoms with Crippen LogP contribution in [0.4, 0.5) is 4.39 Å². The van der Waals surface area contributed by atoms with Crippen molar-refractivity contribution in [1.82, 2.24) is 0 Å². The third-order valence-electron chi connectivity index (χ3n) is 7.64. The van der Waals surface area contributed by atoms with Crippen LogP contribution < -0.4 is 0 Å². The van der Waals surface area contributed by atoms with Crippen LogP contribution in [0.1, 0.15) is 55.7 Å². The molecule has 2 aromatic carbocycles. The molecule has 0 N–H and O–H groups in total. The number of ether oxygens (including phenoxy) is 3. The van der Waals surface area contributed by atoms with E-state index in [1.54, 1.807) is 19.2 Å². The molecule has 0 unspecified atom stereocenters. The molecule has 4 aliphatic rings. The lowest BCUT2D eigenvalue weighted by molar-refractivity contribution is -0.553. The topological polar surface area (TPSA) is 46.2 Å². The predicted octanol–water partition coefficient (Wildman–Crippen LogP) is 5.70. The molecule has 6 heteroatoms. The lowest BCUT2D eigenvalue weighted by atomic mass is 9.70. The van der Waals surface area contributed by atoms with E-state index in [1.165, 1.54) is 24.1 Å². The van der Waals surface area contributed by atoms with Crippen LogP contribution in [0.25, 0.3) is 0 Å². The first-order valence-corrected chi connectivity index (χ1v) is 12.0. The number of methoxy groups -OCH3 is 1. The SMILES string of the molecule is CO[C@H]1O[C@]2(C)OO[C@]13CCCC[C@@H]3C[C@@H]2Cc1ccc(COCc2ccc(F)cc2)cc1. The van der Waals surface area contributed by atoms with Gasteiger partial charge < -0.3 is 14.2 Å². The summed E-state index contributed by atoms with van der Waals surface area (Å²) in [5.41, 5.74) is 2.81. The fourth-order valence-electron chi connectivity index (χ4n) is 5.67. The van der Waals surface area contributed by atoms with Crippen molar-refractivity contribution >= 4 is 0 Å². The Morgan fingerprint density at radius 3 is 2.30 bits per heavy atom. The van der Waals surface area contributed by atoms with Gasteiger partial charge in [-0.05, 0) is 67.3 Å². The molecule has 6 rings (SSSR count). The van der Waals surface area contributed by atoms with Crippen molar-refractivity contribution < 1.29 is 28.4 Å². The van der Waals surface area contributed by atoms with Gasteiger partial charge in [-0.15, -0.1) is 0 Å². The van der Waals surface area contributed by atoms with Crippen LogP contribution in [0.5, 0.6) is 0 Å². The minimum atomic E-state index is -0.833. The van der Waals surface area contributed by atoms with Gasteiger partial charge in [-0.25, -0.2) is 14.2 Å². The molecule has 1 aliphatic carbocycles. The maximum atomic E-state index is 13.0. The summed E-state index contributed by atoms with van der Waals surface area (Å²) < 4.78 is 31.0. The molecule has 4 fully saturated rings. The average molecular weight is 457 g/mol. The molecule has 1 spiro atoms. The summed E-state index contributed by atoms with van der Waals surface area (Å²) in [7, 11) is 1.70. The Hall–Kier alpha value is -1.83. The molecule has 178 valence electrons. The van der Waals surface area contributed by atoms with Crippen molar-refractivity contribution in [3.8, 4) is 0 Å². The van der Waals surface area contributed by atoms with Crippen LogP contribution in [0.15, 0.2) is 48.5 Å². The zero-order valence-electron chi connectivity index (χ0n) is 19.4. The Kier molecular flexibility index (Phi) is 6.56. The van der Waals surface area contributed by atoms with Gasteiger partial charge in [0.05, 0.1) is 13.2 Å². The van der Waals surface area contributed by atoms with E-state index in [2.05, 4.69) is 24.3 Å². The Morgan fingerprint density at radius 1 is 0.939 bits per heavy atom. The molecule has 5 nitrogen and oxygen atoms in total. The minimum Gasteiger partial charge on any atom is -0.372 e. The Labute approximate surface area is 195 Å². The van der Waals surface area contributed by atoms with Crippen LogP contribution in [-0.4, -0.2) is 24.8 Å². The molecule has 5 atom stereocenters. The Morgan fingerprint density at radius 2 is 1.61 bits per heavy atom. The Balaban J connectivity index is 1.23. The number of hydrogen-bond donors (Lipinski definition) is 0. The van der Waals surface area contributed by atoms with Crippen LogP contribution >= 0.6 is 0 Å².